The molecule has 8 aromatic carbocycles. The van der Waals surface area contributed by atoms with Crippen LogP contribution in [0.1, 0.15) is 16.7 Å². The minimum atomic E-state index is 0.855. The summed E-state index contributed by atoms with van der Waals surface area (Å²) < 4.78 is 2.39. The fourth-order valence-electron chi connectivity index (χ4n) is 7.40. The van der Waals surface area contributed by atoms with E-state index in [1.165, 1.54) is 83.1 Å². The third kappa shape index (κ3) is 6.25. The number of hydrogen-bond donors (Lipinski definition) is 0. The summed E-state index contributed by atoms with van der Waals surface area (Å²) in [7, 11) is 0. The SMILES string of the molecule is C(=C(\Cc1ccc(-c2ccccc2)cc1)c1ccccc1)/c1ccc(-c2ccc3c(c2)c2cc(-c4ccccc4)ccc2n3-c2ccccc2)cc1. The molecule has 1 nitrogen and oxygen atoms in total. The van der Waals surface area contributed by atoms with Crippen LogP contribution in [0, 0.1) is 0 Å². The molecule has 1 heteroatoms. The maximum absolute atomic E-state index is 2.39. The van der Waals surface area contributed by atoms with Crippen LogP contribution in [-0.2, 0) is 6.42 Å². The molecule has 0 spiro atoms. The number of aromatic nitrogens is 1. The molecule has 1 aromatic heterocycles. The first-order chi connectivity index (χ1) is 25.8. The highest BCUT2D eigenvalue weighted by atomic mass is 15.0. The zero-order valence-electron chi connectivity index (χ0n) is 28.9. The van der Waals surface area contributed by atoms with Crippen molar-refractivity contribution in [2.45, 2.75) is 6.42 Å². The van der Waals surface area contributed by atoms with Crippen molar-refractivity contribution >= 4 is 33.5 Å². The molecule has 0 aliphatic heterocycles. The van der Waals surface area contributed by atoms with Crippen LogP contribution in [0.15, 0.2) is 206 Å². The van der Waals surface area contributed by atoms with Crippen LogP contribution in [-0.4, -0.2) is 4.57 Å². The third-order valence-corrected chi connectivity index (χ3v) is 10.1. The van der Waals surface area contributed by atoms with Crippen LogP contribution in [0.4, 0.5) is 0 Å². The minimum Gasteiger partial charge on any atom is -0.309 e. The monoisotopic (exact) mass is 663 g/mol. The second-order valence-corrected chi connectivity index (χ2v) is 13.4. The molecule has 0 bridgehead atoms. The molecule has 0 radical (unpaired) electrons. The molecule has 9 aromatic rings. The first-order valence-electron chi connectivity index (χ1n) is 18.0. The van der Waals surface area contributed by atoms with Gasteiger partial charge in [-0.15, -0.1) is 0 Å². The Morgan fingerprint density at radius 1 is 0.385 bits per heavy atom. The highest BCUT2D eigenvalue weighted by Gasteiger charge is 2.15. The van der Waals surface area contributed by atoms with Gasteiger partial charge >= 0.3 is 0 Å². The number of para-hydroxylation sites is 1. The number of hydrogen-bond acceptors (Lipinski definition) is 0. The van der Waals surface area contributed by atoms with E-state index in [1.807, 2.05) is 0 Å². The van der Waals surface area contributed by atoms with Gasteiger partial charge in [-0.2, -0.15) is 0 Å². The second-order valence-electron chi connectivity index (χ2n) is 13.4. The summed E-state index contributed by atoms with van der Waals surface area (Å²) in [5.74, 6) is 0. The van der Waals surface area contributed by atoms with E-state index in [9.17, 15) is 0 Å². The molecule has 0 aliphatic carbocycles. The van der Waals surface area contributed by atoms with E-state index < -0.39 is 0 Å². The fraction of sp³-hybridized carbons (Fsp3) is 0.0196. The van der Waals surface area contributed by atoms with Crippen molar-refractivity contribution < 1.29 is 0 Å². The molecule has 0 unspecified atom stereocenters. The van der Waals surface area contributed by atoms with E-state index in [-0.39, 0.29) is 0 Å². The lowest BCUT2D eigenvalue weighted by Crippen LogP contribution is -1.93. The summed E-state index contributed by atoms with van der Waals surface area (Å²) >= 11 is 0. The Hall–Kier alpha value is -6.70. The largest absolute Gasteiger partial charge is 0.309 e. The standard InChI is InChI=1S/C51H37N/c1-5-13-39(14-6-1)42-25-21-37(22-26-42)33-46(41-17-9-3-10-18-41)34-38-23-27-43(28-24-38)45-30-32-51-49(36-45)48-35-44(40-15-7-2-8-16-40)29-31-50(48)52(51)47-19-11-4-12-20-47/h1-32,34-36H,33H2/b46-34-. The van der Waals surface area contributed by atoms with E-state index in [4.69, 9.17) is 0 Å². The Morgan fingerprint density at radius 2 is 0.808 bits per heavy atom. The van der Waals surface area contributed by atoms with E-state index in [1.54, 1.807) is 0 Å². The predicted octanol–water partition coefficient (Wildman–Crippen LogP) is 13.6. The van der Waals surface area contributed by atoms with Crippen molar-refractivity contribution in [1.82, 2.24) is 4.57 Å². The van der Waals surface area contributed by atoms with E-state index in [0.717, 1.165) is 6.42 Å². The maximum atomic E-state index is 2.39. The first kappa shape index (κ1) is 31.3. The molecule has 0 saturated carbocycles. The van der Waals surface area contributed by atoms with Crippen LogP contribution >= 0.6 is 0 Å². The van der Waals surface area contributed by atoms with E-state index in [0.29, 0.717) is 0 Å². The summed E-state index contributed by atoms with van der Waals surface area (Å²) in [5, 5.41) is 2.51. The van der Waals surface area contributed by atoms with Gasteiger partial charge in [-0.25, -0.2) is 0 Å². The highest BCUT2D eigenvalue weighted by molar-refractivity contribution is 6.11. The van der Waals surface area contributed by atoms with E-state index >= 15 is 0 Å². The topological polar surface area (TPSA) is 4.93 Å². The Labute approximate surface area is 305 Å². The van der Waals surface area contributed by atoms with Gasteiger partial charge in [-0.1, -0.05) is 176 Å². The van der Waals surface area contributed by atoms with Crippen LogP contribution in [0.3, 0.4) is 0 Å². The van der Waals surface area contributed by atoms with Crippen molar-refractivity contribution in [3.63, 3.8) is 0 Å². The molecule has 52 heavy (non-hydrogen) atoms. The van der Waals surface area contributed by atoms with Crippen LogP contribution in [0.5, 0.6) is 0 Å². The molecular formula is C51H37N. The fourth-order valence-corrected chi connectivity index (χ4v) is 7.40. The molecule has 0 N–H and O–H groups in total. The van der Waals surface area contributed by atoms with Gasteiger partial charge in [0.25, 0.3) is 0 Å². The van der Waals surface area contributed by atoms with Gasteiger partial charge in [-0.3, -0.25) is 0 Å². The summed E-state index contributed by atoms with van der Waals surface area (Å²) in [6.45, 7) is 0. The van der Waals surface area contributed by atoms with Gasteiger partial charge in [0, 0.05) is 16.5 Å². The average Bonchev–Trinajstić information content (AvgIpc) is 3.55. The van der Waals surface area contributed by atoms with Crippen LogP contribution < -0.4 is 0 Å². The van der Waals surface area contributed by atoms with Gasteiger partial charge in [0.1, 0.15) is 0 Å². The zero-order valence-corrected chi connectivity index (χ0v) is 28.9. The smallest absolute Gasteiger partial charge is 0.0541 e. The number of fused-ring (bicyclic) bond motifs is 3. The molecule has 0 atom stereocenters. The molecular weight excluding hydrogens is 627 g/mol. The molecule has 0 fully saturated rings. The van der Waals surface area contributed by atoms with Gasteiger partial charge in [0.05, 0.1) is 11.0 Å². The van der Waals surface area contributed by atoms with Gasteiger partial charge in [0.2, 0.25) is 0 Å². The molecule has 9 rings (SSSR count). The van der Waals surface area contributed by atoms with Gasteiger partial charge in [0.15, 0.2) is 0 Å². The Balaban J connectivity index is 1.07. The number of nitrogens with zero attached hydrogens (tertiary/aromatic N) is 1. The average molecular weight is 664 g/mol. The molecule has 1 heterocycles. The Morgan fingerprint density at radius 3 is 1.37 bits per heavy atom. The molecule has 0 aliphatic rings. The molecule has 0 saturated heterocycles. The normalized spacial score (nSPS) is 11.7. The summed E-state index contributed by atoms with van der Waals surface area (Å²) in [4.78, 5) is 0. The minimum absolute atomic E-state index is 0.855. The second kappa shape index (κ2) is 13.9. The van der Waals surface area contributed by atoms with E-state index in [2.05, 4.69) is 217 Å². The van der Waals surface area contributed by atoms with Crippen molar-refractivity contribution in [3.8, 4) is 39.1 Å². The molecule has 0 amide bonds. The maximum Gasteiger partial charge on any atom is 0.0541 e. The summed E-state index contributed by atoms with van der Waals surface area (Å²) in [5.41, 5.74) is 16.0. The number of benzene rings is 8. The van der Waals surface area contributed by atoms with Crippen molar-refractivity contribution in [2.24, 2.45) is 0 Å². The Bertz CT molecular complexity index is 2630. The quantitative estimate of drug-likeness (QED) is 0.143. The lowest BCUT2D eigenvalue weighted by Gasteiger charge is -2.11. The molecule has 246 valence electrons. The lowest BCUT2D eigenvalue weighted by atomic mass is 9.94. The Kier molecular flexibility index (Phi) is 8.37. The first-order valence-corrected chi connectivity index (χ1v) is 18.0. The predicted molar refractivity (Wildman–Crippen MR) is 222 cm³/mol. The zero-order chi connectivity index (χ0) is 34.7. The number of rotatable bonds is 8. The third-order valence-electron chi connectivity index (χ3n) is 10.1. The van der Waals surface area contributed by atoms with Gasteiger partial charge < -0.3 is 4.57 Å². The lowest BCUT2D eigenvalue weighted by molar-refractivity contribution is 1.18. The summed E-state index contributed by atoms with van der Waals surface area (Å²) in [6.07, 6.45) is 3.19. The van der Waals surface area contributed by atoms with Gasteiger partial charge in [-0.05, 0) is 98.5 Å². The number of allylic oxidation sites excluding steroid dienone is 1. The summed E-state index contributed by atoms with van der Waals surface area (Å²) in [6, 6.07) is 74.4. The van der Waals surface area contributed by atoms with Crippen molar-refractivity contribution in [2.75, 3.05) is 0 Å². The van der Waals surface area contributed by atoms with Crippen molar-refractivity contribution in [3.05, 3.63) is 223 Å². The highest BCUT2D eigenvalue weighted by Crippen LogP contribution is 2.37. The van der Waals surface area contributed by atoms with Crippen LogP contribution in [0.2, 0.25) is 0 Å². The van der Waals surface area contributed by atoms with Crippen molar-refractivity contribution in [1.29, 1.82) is 0 Å². The van der Waals surface area contributed by atoms with Crippen LogP contribution in [0.25, 0.3) is 72.5 Å².